The molecule has 0 aliphatic carbocycles. The van der Waals surface area contributed by atoms with E-state index in [4.69, 9.17) is 11.6 Å². The molecule has 0 heterocycles. The van der Waals surface area contributed by atoms with Crippen molar-refractivity contribution in [3.63, 3.8) is 0 Å². The molecule has 3 heteroatoms. The lowest BCUT2D eigenvalue weighted by molar-refractivity contribution is 0.666. The molecule has 0 fully saturated rings. The molecule has 0 unspecified atom stereocenters. The number of rotatable bonds is 2. The zero-order valence-electron chi connectivity index (χ0n) is 4.63. The van der Waals surface area contributed by atoms with Crippen molar-refractivity contribution in [3.05, 3.63) is 34.6 Å². The van der Waals surface area contributed by atoms with Crippen LogP contribution in [0.3, 0.4) is 0 Å². The summed E-state index contributed by atoms with van der Waals surface area (Å²) in [5.41, 5.74) is 0. The summed E-state index contributed by atoms with van der Waals surface area (Å²) in [5.74, 6) is -0.505. The molecule has 0 aromatic carbocycles. The molecule has 0 aliphatic heterocycles. The average Bonchev–Trinajstić information content (AvgIpc) is 1.84. The molecule has 0 aromatic heterocycles. The number of hydrogen-bond acceptors (Lipinski definition) is 0. The van der Waals surface area contributed by atoms with Crippen LogP contribution in [0.1, 0.15) is 0 Å². The van der Waals surface area contributed by atoms with Crippen molar-refractivity contribution in [2.75, 3.05) is 0 Å². The second-order valence-electron chi connectivity index (χ2n) is 1.27. The topological polar surface area (TPSA) is 0 Å². The van der Waals surface area contributed by atoms with E-state index in [0.717, 1.165) is 6.08 Å². The Bertz CT molecular complexity index is 172. The third-order valence-corrected chi connectivity index (χ3v) is 1.90. The predicted octanol–water partition coefficient (Wildman–Crippen LogP) is 3.50. The summed E-state index contributed by atoms with van der Waals surface area (Å²) in [4.78, 5) is 0. The van der Waals surface area contributed by atoms with Crippen LogP contribution in [0.15, 0.2) is 34.6 Å². The van der Waals surface area contributed by atoms with E-state index in [1.165, 1.54) is 0 Å². The molecule has 0 atom stereocenters. The van der Waals surface area contributed by atoms with Crippen molar-refractivity contribution in [2.45, 2.75) is 0 Å². The van der Waals surface area contributed by atoms with E-state index >= 15 is 0 Å². The van der Waals surface area contributed by atoms with Crippen LogP contribution in [-0.4, -0.2) is 0 Å². The molecule has 0 spiro atoms. The second-order valence-corrected chi connectivity index (χ2v) is 2.52. The van der Waals surface area contributed by atoms with Crippen LogP contribution in [0, 0.1) is 0 Å². The first kappa shape index (κ1) is 8.92. The van der Waals surface area contributed by atoms with Gasteiger partial charge in [-0.05, 0) is 22.0 Å². The van der Waals surface area contributed by atoms with Gasteiger partial charge in [-0.15, -0.1) is 0 Å². The molecular formula is C6H5BrClF. The van der Waals surface area contributed by atoms with Gasteiger partial charge >= 0.3 is 0 Å². The molecule has 0 amide bonds. The first-order valence-corrected chi connectivity index (χ1v) is 3.29. The lowest BCUT2D eigenvalue weighted by Crippen LogP contribution is -1.72. The second kappa shape index (κ2) is 3.85. The highest BCUT2D eigenvalue weighted by atomic mass is 79.9. The average molecular weight is 211 g/mol. The zero-order chi connectivity index (χ0) is 7.44. The van der Waals surface area contributed by atoms with Crippen molar-refractivity contribution in [1.82, 2.24) is 0 Å². The summed E-state index contributed by atoms with van der Waals surface area (Å²) in [6, 6.07) is 0. The molecule has 50 valence electrons. The lowest BCUT2D eigenvalue weighted by atomic mass is 10.4. The van der Waals surface area contributed by atoms with Gasteiger partial charge < -0.3 is 0 Å². The van der Waals surface area contributed by atoms with Crippen LogP contribution in [0.25, 0.3) is 0 Å². The van der Waals surface area contributed by atoms with Gasteiger partial charge in [-0.2, -0.15) is 0 Å². The summed E-state index contributed by atoms with van der Waals surface area (Å²) in [6.07, 6.45) is 1.05. The van der Waals surface area contributed by atoms with E-state index in [0.29, 0.717) is 0 Å². The van der Waals surface area contributed by atoms with Gasteiger partial charge in [-0.25, -0.2) is 4.39 Å². The SMILES string of the molecule is C=C/C(F)=C(/Br)C(=C)Cl. The molecule has 0 aliphatic rings. The highest BCUT2D eigenvalue weighted by Gasteiger charge is 1.99. The Morgan fingerprint density at radius 3 is 2.22 bits per heavy atom. The molecular weight excluding hydrogens is 206 g/mol. The summed E-state index contributed by atoms with van der Waals surface area (Å²) < 4.78 is 12.5. The number of halogens is 3. The van der Waals surface area contributed by atoms with Crippen LogP contribution in [-0.2, 0) is 0 Å². The molecule has 0 saturated carbocycles. The zero-order valence-corrected chi connectivity index (χ0v) is 6.97. The van der Waals surface area contributed by atoms with Crippen LogP contribution in [0.2, 0.25) is 0 Å². The third kappa shape index (κ3) is 2.82. The highest BCUT2D eigenvalue weighted by molar-refractivity contribution is 9.12. The first-order valence-electron chi connectivity index (χ1n) is 2.12. The molecule has 0 rings (SSSR count). The van der Waals surface area contributed by atoms with Gasteiger partial charge in [-0.1, -0.05) is 24.8 Å². The molecule has 0 saturated heterocycles. The van der Waals surface area contributed by atoms with E-state index in [1.54, 1.807) is 0 Å². The van der Waals surface area contributed by atoms with Crippen LogP contribution in [0.5, 0.6) is 0 Å². The van der Waals surface area contributed by atoms with Gasteiger partial charge in [0.15, 0.2) is 0 Å². The number of allylic oxidation sites excluding steroid dienone is 4. The minimum Gasteiger partial charge on any atom is -0.206 e. The normalized spacial score (nSPS) is 12.3. The van der Waals surface area contributed by atoms with E-state index in [9.17, 15) is 4.39 Å². The van der Waals surface area contributed by atoms with Crippen molar-refractivity contribution in [1.29, 1.82) is 0 Å². The Kier molecular flexibility index (Phi) is 3.82. The maximum Gasteiger partial charge on any atom is 0.138 e. The Labute approximate surface area is 66.8 Å². The summed E-state index contributed by atoms with van der Waals surface area (Å²) in [7, 11) is 0. The maximum absolute atomic E-state index is 12.3. The lowest BCUT2D eigenvalue weighted by Gasteiger charge is -1.92. The minimum absolute atomic E-state index is 0.132. The Morgan fingerprint density at radius 1 is 1.67 bits per heavy atom. The van der Waals surface area contributed by atoms with E-state index in [2.05, 4.69) is 29.1 Å². The predicted molar refractivity (Wildman–Crippen MR) is 42.3 cm³/mol. The standard InChI is InChI=1S/C6H5BrClF/c1-3-5(9)6(7)4(2)8/h3H,1-2H2/b6-5-. The fraction of sp³-hybridized carbons (Fsp3) is 0. The van der Waals surface area contributed by atoms with Gasteiger partial charge in [0.1, 0.15) is 5.83 Å². The van der Waals surface area contributed by atoms with Crippen LogP contribution >= 0.6 is 27.5 Å². The van der Waals surface area contributed by atoms with Gasteiger partial charge in [0.2, 0.25) is 0 Å². The minimum atomic E-state index is -0.505. The monoisotopic (exact) mass is 210 g/mol. The smallest absolute Gasteiger partial charge is 0.138 e. The van der Waals surface area contributed by atoms with E-state index in [-0.39, 0.29) is 9.51 Å². The van der Waals surface area contributed by atoms with Gasteiger partial charge in [-0.3, -0.25) is 0 Å². The Morgan fingerprint density at radius 2 is 2.11 bits per heavy atom. The molecule has 0 nitrogen and oxygen atoms in total. The van der Waals surface area contributed by atoms with Crippen molar-refractivity contribution in [2.24, 2.45) is 0 Å². The van der Waals surface area contributed by atoms with Gasteiger partial charge in [0.25, 0.3) is 0 Å². The van der Waals surface area contributed by atoms with Crippen LogP contribution < -0.4 is 0 Å². The molecule has 0 N–H and O–H groups in total. The van der Waals surface area contributed by atoms with Crippen molar-refractivity contribution < 1.29 is 4.39 Å². The molecule has 9 heavy (non-hydrogen) atoms. The van der Waals surface area contributed by atoms with Gasteiger partial charge in [0, 0.05) is 0 Å². The fourth-order valence-electron chi connectivity index (χ4n) is 0.219. The van der Waals surface area contributed by atoms with Crippen molar-refractivity contribution in [3.8, 4) is 0 Å². The van der Waals surface area contributed by atoms with Crippen LogP contribution in [0.4, 0.5) is 4.39 Å². The molecule has 0 aromatic rings. The number of hydrogen-bond donors (Lipinski definition) is 0. The molecule has 0 radical (unpaired) electrons. The largest absolute Gasteiger partial charge is 0.206 e. The quantitative estimate of drug-likeness (QED) is 0.613. The maximum atomic E-state index is 12.3. The van der Waals surface area contributed by atoms with E-state index < -0.39 is 5.83 Å². The molecule has 0 bridgehead atoms. The summed E-state index contributed by atoms with van der Waals surface area (Å²) in [5, 5.41) is 0.132. The third-order valence-electron chi connectivity index (χ3n) is 0.627. The van der Waals surface area contributed by atoms with E-state index in [1.807, 2.05) is 0 Å². The Balaban J connectivity index is 4.47. The summed E-state index contributed by atoms with van der Waals surface area (Å²) >= 11 is 8.18. The van der Waals surface area contributed by atoms with Gasteiger partial charge in [0.05, 0.1) is 9.51 Å². The highest BCUT2D eigenvalue weighted by Crippen LogP contribution is 2.24. The fourth-order valence-corrected chi connectivity index (χ4v) is 0.471. The summed E-state index contributed by atoms with van der Waals surface area (Å²) in [6.45, 7) is 6.50. The first-order chi connectivity index (χ1) is 4.09. The van der Waals surface area contributed by atoms with Crippen molar-refractivity contribution >= 4 is 27.5 Å². The Hall–Kier alpha value is -0.0800.